The molecule has 1 heterocycles. The zero-order valence-electron chi connectivity index (χ0n) is 11.9. The Kier molecular flexibility index (Phi) is 9.08. The fourth-order valence-electron chi connectivity index (χ4n) is 1.31. The van der Waals surface area contributed by atoms with E-state index in [9.17, 15) is 4.79 Å². The fraction of sp³-hybridized carbons (Fsp3) is 0.429. The lowest BCUT2D eigenvalue weighted by atomic mass is 10.2. The number of pyridine rings is 1. The minimum atomic E-state index is -0.945. The lowest BCUT2D eigenvalue weighted by Gasteiger charge is -2.07. The van der Waals surface area contributed by atoms with Crippen molar-refractivity contribution in [2.75, 3.05) is 13.7 Å². The highest BCUT2D eigenvalue weighted by molar-refractivity contribution is 5.87. The molecule has 106 valence electrons. The molecule has 1 rings (SSSR count). The van der Waals surface area contributed by atoms with Crippen molar-refractivity contribution in [1.29, 1.82) is 0 Å². The minimum Gasteiger partial charge on any atom is -0.500 e. The van der Waals surface area contributed by atoms with Gasteiger partial charge in [-0.1, -0.05) is 13.8 Å². The molecule has 0 amide bonds. The Labute approximate surface area is 114 Å². The van der Waals surface area contributed by atoms with Crippen LogP contribution >= 0.6 is 0 Å². The lowest BCUT2D eigenvalue weighted by molar-refractivity contribution is 0.0696. The zero-order chi connectivity index (χ0) is 14.7. The Morgan fingerprint density at radius 3 is 2.74 bits per heavy atom. The van der Waals surface area contributed by atoms with Gasteiger partial charge in [-0.05, 0) is 25.1 Å². The maximum atomic E-state index is 10.8. The Morgan fingerprint density at radius 1 is 1.53 bits per heavy atom. The van der Waals surface area contributed by atoms with Crippen LogP contribution in [0.15, 0.2) is 30.2 Å². The molecule has 1 aromatic rings. The Balaban J connectivity index is 0.00000154. The monoisotopic (exact) mass is 266 g/mol. The van der Waals surface area contributed by atoms with E-state index in [1.165, 1.54) is 12.3 Å². The first-order chi connectivity index (χ1) is 9.17. The normalized spacial score (nSPS) is 10.4. The summed E-state index contributed by atoms with van der Waals surface area (Å²) in [6.07, 6.45) is 3.36. The molecule has 0 aliphatic carbocycles. The second-order valence-electron chi connectivity index (χ2n) is 3.40. The summed E-state index contributed by atoms with van der Waals surface area (Å²) in [6.45, 7) is 6.98. The van der Waals surface area contributed by atoms with Gasteiger partial charge in [0.05, 0.1) is 24.9 Å². The van der Waals surface area contributed by atoms with Crippen LogP contribution in [0.3, 0.4) is 0 Å². The molecule has 5 nitrogen and oxygen atoms in total. The standard InChI is InChI=1S/C12H16N2O3.C2H6/c1-3-11(17-2)8-13-7-10-6-9(12(15)16)4-5-14-10;1-2/h3-6,13H,7-8H2,1-2H3,(H,15,16);1-2H3/b11-3-;. The van der Waals surface area contributed by atoms with E-state index in [2.05, 4.69) is 10.3 Å². The molecule has 0 unspecified atom stereocenters. The van der Waals surface area contributed by atoms with Crippen molar-refractivity contribution < 1.29 is 14.6 Å². The smallest absolute Gasteiger partial charge is 0.335 e. The molecule has 2 N–H and O–H groups in total. The first kappa shape index (κ1) is 17.1. The van der Waals surface area contributed by atoms with E-state index in [-0.39, 0.29) is 5.56 Å². The van der Waals surface area contributed by atoms with Crippen molar-refractivity contribution in [2.45, 2.75) is 27.3 Å². The number of nitrogens with one attached hydrogen (secondary N) is 1. The summed E-state index contributed by atoms with van der Waals surface area (Å²) in [5.41, 5.74) is 0.936. The predicted octanol–water partition coefficient (Wildman–Crippen LogP) is 2.45. The third-order valence-corrected chi connectivity index (χ3v) is 2.25. The summed E-state index contributed by atoms with van der Waals surface area (Å²) in [5.74, 6) is -0.112. The number of nitrogens with zero attached hydrogens (tertiary/aromatic N) is 1. The molecule has 19 heavy (non-hydrogen) atoms. The van der Waals surface area contributed by atoms with Crippen LogP contribution < -0.4 is 5.32 Å². The van der Waals surface area contributed by atoms with Crippen LogP contribution in [0.25, 0.3) is 0 Å². The van der Waals surface area contributed by atoms with Crippen molar-refractivity contribution in [3.63, 3.8) is 0 Å². The number of carboxylic acid groups (broad SMARTS) is 1. The summed E-state index contributed by atoms with van der Waals surface area (Å²) in [7, 11) is 1.61. The first-order valence-electron chi connectivity index (χ1n) is 6.25. The molecule has 0 fully saturated rings. The van der Waals surface area contributed by atoms with E-state index in [1.54, 1.807) is 13.2 Å². The highest BCUT2D eigenvalue weighted by Gasteiger charge is 2.04. The van der Waals surface area contributed by atoms with Crippen LogP contribution in [0.1, 0.15) is 36.8 Å². The number of carbonyl (C=O) groups is 1. The van der Waals surface area contributed by atoms with Gasteiger partial charge < -0.3 is 15.2 Å². The zero-order valence-corrected chi connectivity index (χ0v) is 11.9. The molecule has 0 saturated heterocycles. The van der Waals surface area contributed by atoms with Gasteiger partial charge in [-0.15, -0.1) is 0 Å². The SMILES string of the molecule is C/C=C(/CNCc1cc(C(=O)O)ccn1)OC.CC. The molecule has 0 bridgehead atoms. The van der Waals surface area contributed by atoms with Crippen LogP contribution in [-0.2, 0) is 11.3 Å². The maximum Gasteiger partial charge on any atom is 0.335 e. The van der Waals surface area contributed by atoms with E-state index in [0.29, 0.717) is 18.8 Å². The molecular formula is C14H22N2O3. The molecule has 0 saturated carbocycles. The lowest BCUT2D eigenvalue weighted by Crippen LogP contribution is -2.18. The molecule has 0 atom stereocenters. The largest absolute Gasteiger partial charge is 0.500 e. The first-order valence-corrected chi connectivity index (χ1v) is 6.25. The van der Waals surface area contributed by atoms with Crippen molar-refractivity contribution in [3.05, 3.63) is 41.4 Å². The van der Waals surface area contributed by atoms with Gasteiger partial charge in [0.25, 0.3) is 0 Å². The van der Waals surface area contributed by atoms with Crippen LogP contribution in [0.2, 0.25) is 0 Å². The Bertz CT molecular complexity index is 417. The summed E-state index contributed by atoms with van der Waals surface area (Å²) in [4.78, 5) is 14.8. The second kappa shape index (κ2) is 10.1. The molecule has 0 aliphatic rings. The molecular weight excluding hydrogens is 244 g/mol. The van der Waals surface area contributed by atoms with Crippen molar-refractivity contribution in [2.24, 2.45) is 0 Å². The van der Waals surface area contributed by atoms with E-state index >= 15 is 0 Å². The van der Waals surface area contributed by atoms with Gasteiger partial charge >= 0.3 is 5.97 Å². The van der Waals surface area contributed by atoms with Crippen molar-refractivity contribution in [1.82, 2.24) is 10.3 Å². The average molecular weight is 266 g/mol. The predicted molar refractivity (Wildman–Crippen MR) is 75.0 cm³/mol. The average Bonchev–Trinajstić information content (AvgIpc) is 2.46. The van der Waals surface area contributed by atoms with E-state index in [4.69, 9.17) is 9.84 Å². The van der Waals surface area contributed by atoms with Gasteiger partial charge in [-0.3, -0.25) is 4.98 Å². The molecule has 0 spiro atoms. The van der Waals surface area contributed by atoms with Gasteiger partial charge in [0, 0.05) is 12.7 Å². The van der Waals surface area contributed by atoms with Crippen LogP contribution in [0.4, 0.5) is 0 Å². The van der Waals surface area contributed by atoms with Crippen molar-refractivity contribution >= 4 is 5.97 Å². The summed E-state index contributed by atoms with van der Waals surface area (Å²) in [6, 6.07) is 3.02. The third-order valence-electron chi connectivity index (χ3n) is 2.25. The molecule has 0 aromatic carbocycles. The van der Waals surface area contributed by atoms with Crippen LogP contribution in [-0.4, -0.2) is 29.7 Å². The van der Waals surface area contributed by atoms with E-state index in [1.807, 2.05) is 26.8 Å². The van der Waals surface area contributed by atoms with E-state index < -0.39 is 5.97 Å². The van der Waals surface area contributed by atoms with Gasteiger partial charge in [0.15, 0.2) is 0 Å². The second-order valence-corrected chi connectivity index (χ2v) is 3.40. The number of rotatable bonds is 6. The van der Waals surface area contributed by atoms with Gasteiger partial charge in [-0.25, -0.2) is 4.79 Å². The number of hydrogen-bond acceptors (Lipinski definition) is 4. The molecule has 1 aromatic heterocycles. The highest BCUT2D eigenvalue weighted by atomic mass is 16.5. The number of aromatic carboxylic acids is 1. The Morgan fingerprint density at radius 2 is 2.21 bits per heavy atom. The van der Waals surface area contributed by atoms with E-state index in [0.717, 1.165) is 5.76 Å². The number of aromatic nitrogens is 1. The molecule has 0 radical (unpaired) electrons. The molecule has 5 heteroatoms. The molecule has 0 aliphatic heterocycles. The van der Waals surface area contributed by atoms with Gasteiger partial charge in [0.1, 0.15) is 5.76 Å². The highest BCUT2D eigenvalue weighted by Crippen LogP contribution is 2.02. The van der Waals surface area contributed by atoms with Gasteiger partial charge in [0.2, 0.25) is 0 Å². The maximum absolute atomic E-state index is 10.8. The topological polar surface area (TPSA) is 71.5 Å². The summed E-state index contributed by atoms with van der Waals surface area (Å²) in [5, 5.41) is 11.9. The van der Waals surface area contributed by atoms with Crippen LogP contribution in [0.5, 0.6) is 0 Å². The third kappa shape index (κ3) is 6.57. The summed E-state index contributed by atoms with van der Waals surface area (Å²) < 4.78 is 5.08. The van der Waals surface area contributed by atoms with Crippen molar-refractivity contribution in [3.8, 4) is 0 Å². The number of hydrogen-bond donors (Lipinski definition) is 2. The summed E-state index contributed by atoms with van der Waals surface area (Å²) >= 11 is 0. The quantitative estimate of drug-likeness (QED) is 0.774. The Hall–Kier alpha value is -1.88. The fourth-order valence-corrected chi connectivity index (χ4v) is 1.31. The number of ether oxygens (including phenoxy) is 1. The number of methoxy groups -OCH3 is 1. The minimum absolute atomic E-state index is 0.245. The number of allylic oxidation sites excluding steroid dienone is 1. The van der Waals surface area contributed by atoms with Gasteiger partial charge in [-0.2, -0.15) is 0 Å². The number of carboxylic acids is 1. The van der Waals surface area contributed by atoms with Crippen LogP contribution in [0, 0.1) is 0 Å².